The molecule has 0 saturated carbocycles. The number of morpholine rings is 1. The molecule has 218 valence electrons. The summed E-state index contributed by atoms with van der Waals surface area (Å²) in [5.41, 5.74) is -2.44. The van der Waals surface area contributed by atoms with Gasteiger partial charge in [-0.1, -0.05) is 12.1 Å². The third kappa shape index (κ3) is 5.99. The summed E-state index contributed by atoms with van der Waals surface area (Å²) in [4.78, 5) is 17.2. The van der Waals surface area contributed by atoms with Crippen LogP contribution in [0.1, 0.15) is 54.0 Å². The minimum Gasteiger partial charge on any atom is -0.379 e. The van der Waals surface area contributed by atoms with Crippen molar-refractivity contribution in [1.82, 2.24) is 9.80 Å². The highest BCUT2D eigenvalue weighted by Crippen LogP contribution is 2.44. The molecule has 3 aliphatic heterocycles. The number of rotatable bonds is 5. The number of piperidine rings is 1. The number of halogens is 7. The van der Waals surface area contributed by atoms with Crippen molar-refractivity contribution in [3.63, 3.8) is 0 Å². The maximum Gasteiger partial charge on any atom is 0.416 e. The third-order valence-electron chi connectivity index (χ3n) is 8.11. The fourth-order valence-electron chi connectivity index (χ4n) is 6.15. The summed E-state index contributed by atoms with van der Waals surface area (Å²) in [7, 11) is 0. The van der Waals surface area contributed by atoms with Crippen LogP contribution >= 0.6 is 0 Å². The average molecular weight is 575 g/mol. The summed E-state index contributed by atoms with van der Waals surface area (Å²) in [5, 5.41) is 0. The number of ether oxygens (including phenoxy) is 2. The standard InChI is InChI=1S/C28H29F7N2O3/c1-16(18-10-19(27(30,31)32)12-20(11-18)28(33,34)35)40-24-15-37-23(26(24)17-2-4-21(29)5-3-17)13-22(14-25(37)38)36-6-8-39-9-7-36/h2-5,10-12,16,22-24,26H,6-9,13-15H2,1H3/t16-,22?,23+,24+,26?/m1/s1. The predicted octanol–water partition coefficient (Wildman–Crippen LogP) is 5.80. The summed E-state index contributed by atoms with van der Waals surface area (Å²) in [5.74, 6) is -1.01. The Bertz CT molecular complexity index is 1180. The number of alkyl halides is 6. The van der Waals surface area contributed by atoms with Gasteiger partial charge in [-0.05, 0) is 54.8 Å². The van der Waals surface area contributed by atoms with Gasteiger partial charge in [0, 0.05) is 44.1 Å². The molecule has 5 rings (SSSR count). The van der Waals surface area contributed by atoms with Crippen LogP contribution in [0, 0.1) is 5.82 Å². The van der Waals surface area contributed by atoms with Crippen molar-refractivity contribution in [3.05, 3.63) is 70.5 Å². The van der Waals surface area contributed by atoms with E-state index in [2.05, 4.69) is 4.90 Å². The lowest BCUT2D eigenvalue weighted by Gasteiger charge is -2.42. The molecule has 12 heteroatoms. The molecule has 3 heterocycles. The van der Waals surface area contributed by atoms with Gasteiger partial charge >= 0.3 is 12.4 Å². The second kappa shape index (κ2) is 10.9. The normalized spacial score (nSPS) is 27.1. The molecule has 40 heavy (non-hydrogen) atoms. The number of benzene rings is 2. The van der Waals surface area contributed by atoms with E-state index < -0.39 is 47.4 Å². The second-order valence-corrected chi connectivity index (χ2v) is 10.6. The molecule has 2 aromatic rings. The Balaban J connectivity index is 1.46. The van der Waals surface area contributed by atoms with Gasteiger partial charge in [0.1, 0.15) is 5.82 Å². The second-order valence-electron chi connectivity index (χ2n) is 10.6. The van der Waals surface area contributed by atoms with Gasteiger partial charge in [-0.2, -0.15) is 26.3 Å². The minimum absolute atomic E-state index is 0.0467. The van der Waals surface area contributed by atoms with E-state index >= 15 is 0 Å². The van der Waals surface area contributed by atoms with Crippen LogP contribution in [0.25, 0.3) is 0 Å². The Morgan fingerprint density at radius 1 is 0.950 bits per heavy atom. The van der Waals surface area contributed by atoms with Gasteiger partial charge in [0.05, 0.1) is 36.5 Å². The molecule has 0 N–H and O–H groups in total. The first-order valence-corrected chi connectivity index (χ1v) is 13.1. The van der Waals surface area contributed by atoms with E-state index in [0.717, 1.165) is 0 Å². The summed E-state index contributed by atoms with van der Waals surface area (Å²) < 4.78 is 106. The molecule has 0 aromatic heterocycles. The molecule has 3 fully saturated rings. The van der Waals surface area contributed by atoms with Gasteiger partial charge in [0.2, 0.25) is 5.91 Å². The molecule has 5 nitrogen and oxygen atoms in total. The molecule has 2 unspecified atom stereocenters. The maximum absolute atomic E-state index is 13.8. The third-order valence-corrected chi connectivity index (χ3v) is 8.11. The highest BCUT2D eigenvalue weighted by Gasteiger charge is 2.50. The molecule has 0 radical (unpaired) electrons. The van der Waals surface area contributed by atoms with Crippen LogP contribution in [0.5, 0.6) is 0 Å². The van der Waals surface area contributed by atoms with Crippen LogP contribution in [-0.2, 0) is 26.6 Å². The number of amides is 1. The van der Waals surface area contributed by atoms with Crippen molar-refractivity contribution >= 4 is 5.91 Å². The molecule has 0 aliphatic carbocycles. The topological polar surface area (TPSA) is 42.0 Å². The van der Waals surface area contributed by atoms with E-state index in [0.29, 0.717) is 50.4 Å². The summed E-state index contributed by atoms with van der Waals surface area (Å²) >= 11 is 0. The van der Waals surface area contributed by atoms with E-state index in [4.69, 9.17) is 9.47 Å². The largest absolute Gasteiger partial charge is 0.416 e. The summed E-state index contributed by atoms with van der Waals surface area (Å²) in [6, 6.07) is 6.76. The van der Waals surface area contributed by atoms with Gasteiger partial charge in [0.15, 0.2) is 0 Å². The Morgan fingerprint density at radius 3 is 2.12 bits per heavy atom. The highest BCUT2D eigenvalue weighted by molar-refractivity contribution is 5.79. The number of carbonyl (C=O) groups excluding carboxylic acids is 1. The molecule has 1 amide bonds. The van der Waals surface area contributed by atoms with Crippen LogP contribution in [0.3, 0.4) is 0 Å². The molecule has 5 atom stereocenters. The van der Waals surface area contributed by atoms with Gasteiger partial charge in [-0.15, -0.1) is 0 Å². The van der Waals surface area contributed by atoms with Crippen molar-refractivity contribution in [2.45, 2.75) is 62.3 Å². The van der Waals surface area contributed by atoms with E-state index in [-0.39, 0.29) is 42.6 Å². The zero-order valence-electron chi connectivity index (χ0n) is 21.6. The Hall–Kier alpha value is -2.70. The first-order chi connectivity index (χ1) is 18.8. The van der Waals surface area contributed by atoms with E-state index in [9.17, 15) is 35.5 Å². The van der Waals surface area contributed by atoms with Crippen molar-refractivity contribution in [3.8, 4) is 0 Å². The monoisotopic (exact) mass is 574 g/mol. The van der Waals surface area contributed by atoms with Crippen LogP contribution < -0.4 is 0 Å². The molecule has 0 spiro atoms. The van der Waals surface area contributed by atoms with Crippen molar-refractivity contribution < 1.29 is 45.0 Å². The number of hydrogen-bond donors (Lipinski definition) is 0. The molecule has 2 aromatic carbocycles. The molecular weight excluding hydrogens is 545 g/mol. The van der Waals surface area contributed by atoms with Gasteiger partial charge in [0.25, 0.3) is 0 Å². The van der Waals surface area contributed by atoms with Gasteiger partial charge in [-0.25, -0.2) is 4.39 Å². The average Bonchev–Trinajstić information content (AvgIpc) is 3.26. The lowest BCUT2D eigenvalue weighted by atomic mass is 9.83. The fourth-order valence-corrected chi connectivity index (χ4v) is 6.15. The number of carbonyl (C=O) groups is 1. The zero-order chi connectivity index (χ0) is 28.8. The van der Waals surface area contributed by atoms with E-state index in [1.165, 1.54) is 19.1 Å². The van der Waals surface area contributed by atoms with Crippen LogP contribution in [0.15, 0.2) is 42.5 Å². The number of fused-ring (bicyclic) bond motifs is 1. The van der Waals surface area contributed by atoms with Crippen molar-refractivity contribution in [2.24, 2.45) is 0 Å². The Kier molecular flexibility index (Phi) is 7.88. The van der Waals surface area contributed by atoms with Crippen LogP contribution in [0.4, 0.5) is 30.7 Å². The lowest BCUT2D eigenvalue weighted by molar-refractivity contribution is -0.143. The number of hydrogen-bond acceptors (Lipinski definition) is 4. The Morgan fingerprint density at radius 2 is 1.55 bits per heavy atom. The number of nitrogens with zero attached hydrogens (tertiary/aromatic N) is 2. The molecule has 0 bridgehead atoms. The predicted molar refractivity (Wildman–Crippen MR) is 130 cm³/mol. The van der Waals surface area contributed by atoms with E-state index in [1.807, 2.05) is 0 Å². The first kappa shape index (κ1) is 28.8. The maximum atomic E-state index is 13.8. The van der Waals surface area contributed by atoms with Gasteiger partial charge in [-0.3, -0.25) is 9.69 Å². The first-order valence-electron chi connectivity index (χ1n) is 13.1. The highest BCUT2D eigenvalue weighted by atomic mass is 19.4. The smallest absolute Gasteiger partial charge is 0.379 e. The molecule has 3 aliphatic rings. The lowest BCUT2D eigenvalue weighted by Crippen LogP contribution is -2.53. The zero-order valence-corrected chi connectivity index (χ0v) is 21.6. The Labute approximate surface area is 226 Å². The summed E-state index contributed by atoms with van der Waals surface area (Å²) in [6.07, 6.45) is -11.0. The van der Waals surface area contributed by atoms with Crippen molar-refractivity contribution in [2.75, 3.05) is 32.8 Å². The molecular formula is C28H29F7N2O3. The minimum atomic E-state index is -4.98. The SMILES string of the molecule is C[C@@H](O[C@H]1CN2C(=O)CC(N3CCOCC3)C[C@H]2C1c1ccc(F)cc1)c1cc(C(F)(F)F)cc(C(F)(F)F)c1. The molecule has 3 saturated heterocycles. The van der Waals surface area contributed by atoms with Crippen LogP contribution in [0.2, 0.25) is 0 Å². The summed E-state index contributed by atoms with van der Waals surface area (Å²) in [6.45, 7) is 3.99. The van der Waals surface area contributed by atoms with Crippen LogP contribution in [-0.4, -0.2) is 66.7 Å². The van der Waals surface area contributed by atoms with Gasteiger partial charge < -0.3 is 14.4 Å². The quantitative estimate of drug-likeness (QED) is 0.424. The van der Waals surface area contributed by atoms with E-state index in [1.54, 1.807) is 17.0 Å². The fraction of sp³-hybridized carbons (Fsp3) is 0.536. The van der Waals surface area contributed by atoms with Crippen molar-refractivity contribution in [1.29, 1.82) is 0 Å².